The van der Waals surface area contributed by atoms with Crippen LogP contribution in [0.4, 0.5) is 8.78 Å². The summed E-state index contributed by atoms with van der Waals surface area (Å²) in [5.74, 6) is -0.391. The van der Waals surface area contributed by atoms with Crippen LogP contribution in [0.25, 0.3) is 10.9 Å². The number of nitrogens with one attached hydrogen (secondary N) is 1. The summed E-state index contributed by atoms with van der Waals surface area (Å²) in [5.41, 5.74) is 1.77. The van der Waals surface area contributed by atoms with Gasteiger partial charge in [-0.1, -0.05) is 13.8 Å². The maximum atomic E-state index is 13.2. The SMILES string of the molecule is CC.Cc1c[nH]c2c(F)cc(CF)cc12. The van der Waals surface area contributed by atoms with Gasteiger partial charge in [0.15, 0.2) is 0 Å². The zero-order chi connectivity index (χ0) is 11.4. The molecule has 0 aliphatic rings. The van der Waals surface area contributed by atoms with Gasteiger partial charge in [-0.25, -0.2) is 8.78 Å². The highest BCUT2D eigenvalue weighted by molar-refractivity contribution is 5.84. The first-order valence-electron chi connectivity index (χ1n) is 5.04. The van der Waals surface area contributed by atoms with E-state index in [1.54, 1.807) is 12.3 Å². The van der Waals surface area contributed by atoms with Crippen molar-refractivity contribution in [2.24, 2.45) is 0 Å². The lowest BCUT2D eigenvalue weighted by Crippen LogP contribution is -1.84. The molecule has 0 saturated heterocycles. The summed E-state index contributed by atoms with van der Waals surface area (Å²) >= 11 is 0. The number of halogens is 2. The van der Waals surface area contributed by atoms with Gasteiger partial charge in [-0.2, -0.15) is 0 Å². The second-order valence-corrected chi connectivity index (χ2v) is 3.11. The number of aromatic nitrogens is 1. The minimum absolute atomic E-state index is 0.382. The molecular formula is C12H15F2N. The van der Waals surface area contributed by atoms with E-state index in [4.69, 9.17) is 0 Å². The normalized spacial score (nSPS) is 9.93. The van der Waals surface area contributed by atoms with Gasteiger partial charge in [0.1, 0.15) is 12.5 Å². The fourth-order valence-electron chi connectivity index (χ4n) is 1.46. The molecular weight excluding hydrogens is 196 g/mol. The smallest absolute Gasteiger partial charge is 0.147 e. The third-order valence-corrected chi connectivity index (χ3v) is 2.16. The molecule has 2 aromatic rings. The number of benzene rings is 1. The molecule has 0 aliphatic heterocycles. The van der Waals surface area contributed by atoms with E-state index >= 15 is 0 Å². The topological polar surface area (TPSA) is 15.8 Å². The first kappa shape index (κ1) is 11.7. The summed E-state index contributed by atoms with van der Waals surface area (Å²) in [7, 11) is 0. The Balaban J connectivity index is 0.000000531. The summed E-state index contributed by atoms with van der Waals surface area (Å²) < 4.78 is 25.5. The van der Waals surface area contributed by atoms with Crippen molar-refractivity contribution >= 4 is 10.9 Å². The fraction of sp³-hybridized carbons (Fsp3) is 0.333. The Morgan fingerprint density at radius 2 is 1.93 bits per heavy atom. The Kier molecular flexibility index (Phi) is 3.83. The largest absolute Gasteiger partial charge is 0.359 e. The van der Waals surface area contributed by atoms with Crippen LogP contribution in [0.3, 0.4) is 0 Å². The van der Waals surface area contributed by atoms with E-state index in [2.05, 4.69) is 4.98 Å². The number of alkyl halides is 1. The van der Waals surface area contributed by atoms with Crippen molar-refractivity contribution in [2.45, 2.75) is 27.4 Å². The average molecular weight is 211 g/mol. The molecule has 0 spiro atoms. The highest BCUT2D eigenvalue weighted by Gasteiger charge is 2.06. The predicted octanol–water partition coefficient (Wildman–Crippen LogP) is 4.11. The maximum Gasteiger partial charge on any atom is 0.147 e. The van der Waals surface area contributed by atoms with Crippen LogP contribution in [-0.2, 0) is 6.67 Å². The second-order valence-electron chi connectivity index (χ2n) is 3.11. The van der Waals surface area contributed by atoms with Gasteiger partial charge in [-0.15, -0.1) is 0 Å². The van der Waals surface area contributed by atoms with E-state index < -0.39 is 12.5 Å². The molecule has 0 saturated carbocycles. The first-order chi connectivity index (χ1) is 7.22. The zero-order valence-corrected chi connectivity index (χ0v) is 9.20. The van der Waals surface area contributed by atoms with Gasteiger partial charge >= 0.3 is 0 Å². The summed E-state index contributed by atoms with van der Waals surface area (Å²) in [6.45, 7) is 5.23. The molecule has 82 valence electrons. The van der Waals surface area contributed by atoms with Gasteiger partial charge in [-0.3, -0.25) is 0 Å². The van der Waals surface area contributed by atoms with Crippen LogP contribution in [-0.4, -0.2) is 4.98 Å². The Labute approximate surface area is 88.1 Å². The lowest BCUT2D eigenvalue weighted by molar-refractivity contribution is 0.483. The summed E-state index contributed by atoms with van der Waals surface area (Å²) in [6.07, 6.45) is 1.72. The van der Waals surface area contributed by atoms with Gasteiger partial charge < -0.3 is 4.98 Å². The van der Waals surface area contributed by atoms with Crippen LogP contribution in [0.5, 0.6) is 0 Å². The lowest BCUT2D eigenvalue weighted by Gasteiger charge is -1.97. The second kappa shape index (κ2) is 4.91. The molecule has 0 fully saturated rings. The van der Waals surface area contributed by atoms with E-state index in [0.29, 0.717) is 11.1 Å². The minimum atomic E-state index is -0.627. The molecule has 1 aromatic heterocycles. The summed E-state index contributed by atoms with van der Waals surface area (Å²) in [6, 6.07) is 2.89. The number of rotatable bonds is 1. The molecule has 0 aliphatic carbocycles. The standard InChI is InChI=1S/C10H9F2N.C2H6/c1-6-5-13-10-8(6)2-7(4-11)3-9(10)12;1-2/h2-3,5,13H,4H2,1H3;1-2H3. The molecule has 0 atom stereocenters. The molecule has 0 radical (unpaired) electrons. The number of hydrogen-bond donors (Lipinski definition) is 1. The predicted molar refractivity (Wildman–Crippen MR) is 59.2 cm³/mol. The van der Waals surface area contributed by atoms with Gasteiger partial charge in [0.05, 0.1) is 5.52 Å². The van der Waals surface area contributed by atoms with E-state index in [-0.39, 0.29) is 0 Å². The van der Waals surface area contributed by atoms with Crippen LogP contribution in [0.2, 0.25) is 0 Å². The molecule has 15 heavy (non-hydrogen) atoms. The Hall–Kier alpha value is -1.38. The van der Waals surface area contributed by atoms with Gasteiger partial charge in [-0.05, 0) is 30.2 Å². The van der Waals surface area contributed by atoms with Crippen molar-refractivity contribution in [2.75, 3.05) is 0 Å². The molecule has 0 bridgehead atoms. The van der Waals surface area contributed by atoms with E-state index in [9.17, 15) is 8.78 Å². The average Bonchev–Trinajstić information content (AvgIpc) is 2.64. The fourth-order valence-corrected chi connectivity index (χ4v) is 1.46. The summed E-state index contributed by atoms with van der Waals surface area (Å²) in [5, 5.41) is 0.757. The monoisotopic (exact) mass is 211 g/mol. The molecule has 0 amide bonds. The highest BCUT2D eigenvalue weighted by Crippen LogP contribution is 2.22. The number of H-pyrrole nitrogens is 1. The van der Waals surface area contributed by atoms with Crippen LogP contribution in [0.1, 0.15) is 25.0 Å². The quantitative estimate of drug-likeness (QED) is 0.730. The zero-order valence-electron chi connectivity index (χ0n) is 9.20. The van der Waals surface area contributed by atoms with Crippen LogP contribution in [0.15, 0.2) is 18.3 Å². The molecule has 0 unspecified atom stereocenters. The molecule has 1 aromatic carbocycles. The number of fused-ring (bicyclic) bond motifs is 1. The minimum Gasteiger partial charge on any atom is -0.359 e. The number of aryl methyl sites for hydroxylation is 1. The third-order valence-electron chi connectivity index (χ3n) is 2.16. The third kappa shape index (κ3) is 2.17. The van der Waals surface area contributed by atoms with E-state index in [1.165, 1.54) is 6.07 Å². The van der Waals surface area contributed by atoms with Crippen LogP contribution < -0.4 is 0 Å². The number of aromatic amines is 1. The Bertz CT molecular complexity index is 446. The number of hydrogen-bond acceptors (Lipinski definition) is 0. The molecule has 1 heterocycles. The van der Waals surface area contributed by atoms with Crippen LogP contribution in [0, 0.1) is 12.7 Å². The van der Waals surface area contributed by atoms with Gasteiger partial charge in [0, 0.05) is 11.6 Å². The maximum absolute atomic E-state index is 13.2. The van der Waals surface area contributed by atoms with Gasteiger partial charge in [0.2, 0.25) is 0 Å². The summed E-state index contributed by atoms with van der Waals surface area (Å²) in [4.78, 5) is 2.81. The molecule has 3 heteroatoms. The Morgan fingerprint density at radius 1 is 1.27 bits per heavy atom. The van der Waals surface area contributed by atoms with Crippen molar-refractivity contribution < 1.29 is 8.78 Å². The van der Waals surface area contributed by atoms with Crippen molar-refractivity contribution in [3.8, 4) is 0 Å². The Morgan fingerprint density at radius 3 is 2.53 bits per heavy atom. The lowest BCUT2D eigenvalue weighted by atomic mass is 10.1. The highest BCUT2D eigenvalue weighted by atomic mass is 19.1. The van der Waals surface area contributed by atoms with E-state index in [0.717, 1.165) is 10.9 Å². The van der Waals surface area contributed by atoms with Gasteiger partial charge in [0.25, 0.3) is 0 Å². The van der Waals surface area contributed by atoms with Crippen molar-refractivity contribution in [3.63, 3.8) is 0 Å². The molecule has 1 nitrogen and oxygen atoms in total. The molecule has 2 rings (SSSR count). The van der Waals surface area contributed by atoms with E-state index in [1.807, 2.05) is 20.8 Å². The van der Waals surface area contributed by atoms with Crippen LogP contribution >= 0.6 is 0 Å². The first-order valence-corrected chi connectivity index (χ1v) is 5.04. The van der Waals surface area contributed by atoms with Crippen molar-refractivity contribution in [3.05, 3.63) is 35.3 Å². The van der Waals surface area contributed by atoms with Crippen molar-refractivity contribution in [1.82, 2.24) is 4.98 Å². The van der Waals surface area contributed by atoms with Crippen molar-refractivity contribution in [1.29, 1.82) is 0 Å². The molecule has 1 N–H and O–H groups in total.